The number of halogens is 2. The van der Waals surface area contributed by atoms with Crippen LogP contribution in [0.3, 0.4) is 0 Å². The van der Waals surface area contributed by atoms with Gasteiger partial charge in [0.25, 0.3) is 11.1 Å². The Kier molecular flexibility index (Phi) is 7.94. The van der Waals surface area contributed by atoms with Gasteiger partial charge in [-0.2, -0.15) is 8.42 Å². The molecule has 0 radical (unpaired) electrons. The molecule has 1 heterocycles. The number of carbonyl (C=O) groups is 2. The van der Waals surface area contributed by atoms with Crippen LogP contribution in [-0.4, -0.2) is 31.1 Å². The number of imide groups is 1. The van der Waals surface area contributed by atoms with E-state index in [2.05, 4.69) is 0 Å². The van der Waals surface area contributed by atoms with Crippen LogP contribution in [0.1, 0.15) is 18.1 Å². The maximum absolute atomic E-state index is 12.9. The van der Waals surface area contributed by atoms with Crippen LogP contribution in [-0.2, 0) is 21.5 Å². The number of thioether (sulfide) groups is 1. The van der Waals surface area contributed by atoms with Gasteiger partial charge in [0.1, 0.15) is 4.90 Å². The van der Waals surface area contributed by atoms with E-state index >= 15 is 0 Å². The van der Waals surface area contributed by atoms with E-state index in [0.29, 0.717) is 21.2 Å². The minimum atomic E-state index is -4.07. The highest BCUT2D eigenvalue weighted by Gasteiger charge is 2.35. The quantitative estimate of drug-likeness (QED) is 0.231. The van der Waals surface area contributed by atoms with Crippen molar-refractivity contribution in [2.75, 3.05) is 6.61 Å². The zero-order chi connectivity index (χ0) is 25.9. The lowest BCUT2D eigenvalue weighted by Gasteiger charge is -2.14. The first-order valence-corrected chi connectivity index (χ1v) is 13.6. The molecule has 186 valence electrons. The topological polar surface area (TPSA) is 90.0 Å². The molecule has 3 aromatic carbocycles. The van der Waals surface area contributed by atoms with Crippen molar-refractivity contribution in [1.82, 2.24) is 4.90 Å². The zero-order valence-corrected chi connectivity index (χ0v) is 22.0. The Morgan fingerprint density at radius 2 is 1.72 bits per heavy atom. The van der Waals surface area contributed by atoms with Crippen molar-refractivity contribution < 1.29 is 26.9 Å². The molecule has 1 aliphatic heterocycles. The molecular weight excluding hydrogens is 545 g/mol. The van der Waals surface area contributed by atoms with Gasteiger partial charge in [0, 0.05) is 10.0 Å². The molecule has 36 heavy (non-hydrogen) atoms. The predicted octanol–water partition coefficient (Wildman–Crippen LogP) is 6.40. The zero-order valence-electron chi connectivity index (χ0n) is 18.8. The van der Waals surface area contributed by atoms with Gasteiger partial charge >= 0.3 is 10.1 Å². The summed E-state index contributed by atoms with van der Waals surface area (Å²) in [6.07, 6.45) is 1.53. The van der Waals surface area contributed by atoms with Gasteiger partial charge in [-0.1, -0.05) is 53.5 Å². The fourth-order valence-corrected chi connectivity index (χ4v) is 5.58. The summed E-state index contributed by atoms with van der Waals surface area (Å²) in [6.45, 7) is 2.01. The van der Waals surface area contributed by atoms with E-state index in [1.54, 1.807) is 55.5 Å². The summed E-state index contributed by atoms with van der Waals surface area (Å²) in [4.78, 5) is 26.8. The summed E-state index contributed by atoms with van der Waals surface area (Å²) in [5.41, 5.74) is 1.11. The summed E-state index contributed by atoms with van der Waals surface area (Å²) in [7, 11) is -4.07. The highest BCUT2D eigenvalue weighted by Crippen LogP contribution is 2.37. The Hall–Kier alpha value is -2.98. The molecule has 0 bridgehead atoms. The summed E-state index contributed by atoms with van der Waals surface area (Å²) >= 11 is 12.9. The van der Waals surface area contributed by atoms with Gasteiger partial charge in [0.2, 0.25) is 0 Å². The number of rotatable bonds is 8. The Balaban J connectivity index is 1.57. The van der Waals surface area contributed by atoms with E-state index in [-0.39, 0.29) is 34.5 Å². The first-order chi connectivity index (χ1) is 17.2. The lowest BCUT2D eigenvalue weighted by atomic mass is 10.1. The second kappa shape index (κ2) is 11.0. The van der Waals surface area contributed by atoms with Gasteiger partial charge in [-0.05, 0) is 72.3 Å². The predicted molar refractivity (Wildman–Crippen MR) is 140 cm³/mol. The van der Waals surface area contributed by atoms with Crippen LogP contribution < -0.4 is 8.92 Å². The smallest absolute Gasteiger partial charge is 0.339 e. The Bertz CT molecular complexity index is 1460. The maximum atomic E-state index is 12.9. The van der Waals surface area contributed by atoms with Crippen LogP contribution >= 0.6 is 35.0 Å². The molecule has 0 aliphatic carbocycles. The molecule has 0 N–H and O–H groups in total. The molecule has 1 saturated heterocycles. The minimum absolute atomic E-state index is 0.00309. The molecule has 2 amide bonds. The van der Waals surface area contributed by atoms with E-state index < -0.39 is 21.3 Å². The number of nitrogens with zero attached hydrogens (tertiary/aromatic N) is 1. The molecule has 1 aliphatic rings. The van der Waals surface area contributed by atoms with Crippen LogP contribution in [0.5, 0.6) is 11.5 Å². The summed E-state index contributed by atoms with van der Waals surface area (Å²) in [5, 5.41) is 0.371. The first-order valence-electron chi connectivity index (χ1n) is 10.6. The van der Waals surface area contributed by atoms with E-state index in [1.807, 2.05) is 0 Å². The highest BCUT2D eigenvalue weighted by molar-refractivity contribution is 8.18. The third-order valence-corrected chi connectivity index (χ3v) is 7.76. The van der Waals surface area contributed by atoms with E-state index in [0.717, 1.165) is 16.7 Å². The molecule has 4 rings (SSSR count). The molecule has 11 heteroatoms. The fraction of sp³-hybridized carbons (Fsp3) is 0.120. The molecule has 0 atom stereocenters. The Morgan fingerprint density at radius 3 is 2.42 bits per heavy atom. The highest BCUT2D eigenvalue weighted by atomic mass is 35.5. The lowest BCUT2D eigenvalue weighted by Crippen LogP contribution is -2.27. The Morgan fingerprint density at radius 1 is 0.972 bits per heavy atom. The molecular formula is C25H19Cl2NO6S2. The van der Waals surface area contributed by atoms with Gasteiger partial charge in [-0.15, -0.1) is 0 Å². The van der Waals surface area contributed by atoms with Crippen molar-refractivity contribution in [3.05, 3.63) is 92.8 Å². The fourth-order valence-electron chi connectivity index (χ4n) is 3.31. The number of hydrogen-bond acceptors (Lipinski definition) is 7. The van der Waals surface area contributed by atoms with Crippen molar-refractivity contribution in [2.45, 2.75) is 18.4 Å². The lowest BCUT2D eigenvalue weighted by molar-refractivity contribution is -0.123. The molecule has 0 saturated carbocycles. The number of ether oxygens (including phenoxy) is 1. The van der Waals surface area contributed by atoms with Crippen molar-refractivity contribution in [2.24, 2.45) is 0 Å². The van der Waals surface area contributed by atoms with Gasteiger partial charge in [0.15, 0.2) is 11.5 Å². The SMILES string of the molecule is CCOc1cc(/C=C2\SC(=O)N(Cc3ccc(Cl)cc3Cl)C2=O)ccc1OS(=O)(=O)c1ccccc1. The largest absolute Gasteiger partial charge is 0.490 e. The van der Waals surface area contributed by atoms with Crippen molar-refractivity contribution >= 4 is 62.3 Å². The molecule has 1 fully saturated rings. The normalized spacial score (nSPS) is 15.0. The third-order valence-electron chi connectivity index (χ3n) is 5.01. The molecule has 7 nitrogen and oxygen atoms in total. The molecule has 0 spiro atoms. The first kappa shape index (κ1) is 26.1. The van der Waals surface area contributed by atoms with Crippen LogP contribution in [0, 0.1) is 0 Å². The summed E-state index contributed by atoms with van der Waals surface area (Å²) in [5.74, 6) is -0.290. The van der Waals surface area contributed by atoms with Crippen LogP contribution in [0.15, 0.2) is 76.5 Å². The molecule has 0 aromatic heterocycles. The van der Waals surface area contributed by atoms with Crippen LogP contribution in [0.2, 0.25) is 10.0 Å². The average Bonchev–Trinajstić information content (AvgIpc) is 3.10. The van der Waals surface area contributed by atoms with Crippen LogP contribution in [0.25, 0.3) is 6.08 Å². The van der Waals surface area contributed by atoms with Gasteiger partial charge < -0.3 is 8.92 Å². The maximum Gasteiger partial charge on any atom is 0.339 e. The van der Waals surface area contributed by atoms with E-state index in [4.69, 9.17) is 32.1 Å². The van der Waals surface area contributed by atoms with E-state index in [9.17, 15) is 18.0 Å². The van der Waals surface area contributed by atoms with Gasteiger partial charge in [-0.3, -0.25) is 14.5 Å². The average molecular weight is 564 g/mol. The number of amides is 2. The van der Waals surface area contributed by atoms with Crippen molar-refractivity contribution in [3.8, 4) is 11.5 Å². The van der Waals surface area contributed by atoms with Gasteiger partial charge in [0.05, 0.1) is 18.1 Å². The Labute approximate surface area is 222 Å². The minimum Gasteiger partial charge on any atom is -0.490 e. The molecule has 3 aromatic rings. The van der Waals surface area contributed by atoms with Gasteiger partial charge in [-0.25, -0.2) is 0 Å². The second-order valence-corrected chi connectivity index (χ2v) is 10.9. The van der Waals surface area contributed by atoms with Crippen LogP contribution in [0.4, 0.5) is 4.79 Å². The third kappa shape index (κ3) is 5.87. The van der Waals surface area contributed by atoms with E-state index in [1.165, 1.54) is 24.3 Å². The monoisotopic (exact) mass is 563 g/mol. The number of benzene rings is 3. The van der Waals surface area contributed by atoms with Crippen molar-refractivity contribution in [1.29, 1.82) is 0 Å². The summed E-state index contributed by atoms with van der Waals surface area (Å²) < 4.78 is 36.2. The summed E-state index contributed by atoms with van der Waals surface area (Å²) in [6, 6.07) is 17.1. The number of hydrogen-bond donors (Lipinski definition) is 0. The molecule has 0 unspecified atom stereocenters. The number of carbonyl (C=O) groups excluding carboxylic acids is 2. The second-order valence-electron chi connectivity index (χ2n) is 7.49. The standard InChI is InChI=1S/C25H19Cl2NO6S2/c1-2-33-22-12-16(8-11-21(22)34-36(31,32)19-6-4-3-5-7-19)13-23-24(29)28(25(30)35-23)15-17-9-10-18(26)14-20(17)27/h3-14H,2,15H2,1H3/b23-13-. The van der Waals surface area contributed by atoms with Crippen molar-refractivity contribution in [3.63, 3.8) is 0 Å².